The van der Waals surface area contributed by atoms with Crippen LogP contribution in [0.2, 0.25) is 0 Å². The van der Waals surface area contributed by atoms with Gasteiger partial charge in [0.25, 0.3) is 0 Å². The highest BCUT2D eigenvalue weighted by atomic mass is 32.2. The number of benzene rings is 1. The molecule has 1 aromatic carbocycles. The van der Waals surface area contributed by atoms with Crippen molar-refractivity contribution in [3.8, 4) is 22.6 Å². The van der Waals surface area contributed by atoms with Crippen LogP contribution in [0, 0.1) is 0 Å². The molecule has 0 radical (unpaired) electrons. The summed E-state index contributed by atoms with van der Waals surface area (Å²) in [5, 5.41) is 17.3. The maximum Gasteiger partial charge on any atom is 0.244 e. The van der Waals surface area contributed by atoms with Crippen molar-refractivity contribution in [3.63, 3.8) is 0 Å². The number of aromatic nitrogens is 6. The minimum Gasteiger partial charge on any atom is -0.346 e. The van der Waals surface area contributed by atoms with Crippen LogP contribution in [0.3, 0.4) is 0 Å². The second-order valence-electron chi connectivity index (χ2n) is 4.90. The zero-order valence-electron chi connectivity index (χ0n) is 13.0. The normalized spacial score (nSPS) is 10.6. The molecule has 0 N–H and O–H groups in total. The molecule has 0 fully saturated rings. The van der Waals surface area contributed by atoms with Crippen LogP contribution in [0.1, 0.15) is 0 Å². The Bertz CT molecular complexity index is 791. The summed E-state index contributed by atoms with van der Waals surface area (Å²) in [6.07, 6.45) is 3.55. The monoisotopic (exact) mass is 325 g/mol. The highest BCUT2D eigenvalue weighted by Crippen LogP contribution is 2.27. The van der Waals surface area contributed by atoms with Crippen molar-refractivity contribution in [2.24, 2.45) is 0 Å². The zero-order valence-corrected chi connectivity index (χ0v) is 13.8. The molecule has 3 rings (SSSR count). The van der Waals surface area contributed by atoms with E-state index in [1.54, 1.807) is 11.1 Å². The van der Waals surface area contributed by atoms with Crippen LogP contribution in [0.4, 0.5) is 5.95 Å². The minimum absolute atomic E-state index is 0.539. The Morgan fingerprint density at radius 2 is 1.70 bits per heavy atom. The second-order valence-corrected chi connectivity index (χ2v) is 5.67. The van der Waals surface area contributed by atoms with Gasteiger partial charge < -0.3 is 4.90 Å². The molecular formula is C15H15N7S. The third-order valence-corrected chi connectivity index (χ3v) is 3.63. The molecule has 0 bridgehead atoms. The lowest BCUT2D eigenvalue weighted by Crippen LogP contribution is -2.13. The first-order chi connectivity index (χ1) is 11.2. The molecule has 0 aliphatic heterocycles. The molecule has 0 saturated carbocycles. The number of hydrogen-bond donors (Lipinski definition) is 0. The fourth-order valence-electron chi connectivity index (χ4n) is 1.95. The second kappa shape index (κ2) is 6.66. The number of rotatable bonds is 4. The Labute approximate surface area is 138 Å². The average Bonchev–Trinajstić information content (AvgIpc) is 2.62. The summed E-state index contributed by atoms with van der Waals surface area (Å²) in [7, 11) is 3.72. The van der Waals surface area contributed by atoms with E-state index in [1.165, 1.54) is 11.8 Å². The molecule has 0 unspecified atom stereocenters. The van der Waals surface area contributed by atoms with Crippen LogP contribution in [-0.4, -0.2) is 50.7 Å². The van der Waals surface area contributed by atoms with Gasteiger partial charge in [-0.05, 0) is 6.26 Å². The van der Waals surface area contributed by atoms with Crippen molar-refractivity contribution in [2.75, 3.05) is 25.3 Å². The molecule has 0 amide bonds. The third kappa shape index (κ3) is 3.26. The molecule has 3 aromatic rings. The predicted octanol–water partition coefficient (Wildman–Crippen LogP) is 2.18. The fourth-order valence-corrected chi connectivity index (χ4v) is 2.25. The summed E-state index contributed by atoms with van der Waals surface area (Å²) in [5.41, 5.74) is 2.78. The van der Waals surface area contributed by atoms with E-state index in [0.29, 0.717) is 22.5 Å². The van der Waals surface area contributed by atoms with Gasteiger partial charge in [-0.1, -0.05) is 42.1 Å². The van der Waals surface area contributed by atoms with Crippen LogP contribution in [-0.2, 0) is 0 Å². The molecule has 23 heavy (non-hydrogen) atoms. The molecule has 116 valence electrons. The van der Waals surface area contributed by atoms with Crippen molar-refractivity contribution in [1.29, 1.82) is 0 Å². The van der Waals surface area contributed by atoms with Crippen LogP contribution < -0.4 is 4.90 Å². The molecule has 8 heteroatoms. The van der Waals surface area contributed by atoms with Gasteiger partial charge in [0.05, 0.1) is 6.20 Å². The first-order valence-electron chi connectivity index (χ1n) is 6.90. The van der Waals surface area contributed by atoms with E-state index in [-0.39, 0.29) is 0 Å². The van der Waals surface area contributed by atoms with Crippen LogP contribution in [0.15, 0.2) is 41.7 Å². The molecule has 0 spiro atoms. The molecule has 0 saturated heterocycles. The topological polar surface area (TPSA) is 80.6 Å². The standard InChI is InChI=1S/C15H15N7S/c1-22(2)14-16-9-11(18-20-14)13-12(10-7-5-4-6-8-10)17-15(23-3)21-19-13/h4-9H,1-3H3. The number of nitrogens with zero attached hydrogens (tertiary/aromatic N) is 7. The quantitative estimate of drug-likeness (QED) is 0.675. The van der Waals surface area contributed by atoms with Crippen LogP contribution in [0.25, 0.3) is 22.6 Å². The van der Waals surface area contributed by atoms with E-state index < -0.39 is 0 Å². The van der Waals surface area contributed by atoms with Crippen molar-refractivity contribution in [2.45, 2.75) is 5.16 Å². The molecular weight excluding hydrogens is 310 g/mol. The summed E-state index contributed by atoms with van der Waals surface area (Å²) in [4.78, 5) is 10.6. The van der Waals surface area contributed by atoms with E-state index >= 15 is 0 Å². The van der Waals surface area contributed by atoms with E-state index in [2.05, 4.69) is 30.4 Å². The van der Waals surface area contributed by atoms with E-state index in [4.69, 9.17) is 0 Å². The first kappa shape index (κ1) is 15.3. The Balaban J connectivity index is 2.11. The minimum atomic E-state index is 0.539. The number of hydrogen-bond acceptors (Lipinski definition) is 8. The van der Waals surface area contributed by atoms with E-state index in [9.17, 15) is 0 Å². The summed E-state index contributed by atoms with van der Waals surface area (Å²) < 4.78 is 0. The Morgan fingerprint density at radius 3 is 2.30 bits per heavy atom. The van der Waals surface area contributed by atoms with Crippen LogP contribution >= 0.6 is 11.8 Å². The summed E-state index contributed by atoms with van der Waals surface area (Å²) in [6, 6.07) is 9.83. The maximum absolute atomic E-state index is 4.58. The SMILES string of the molecule is CSc1nnc(-c2cnc(N(C)C)nn2)c(-c2ccccc2)n1. The molecule has 0 aliphatic rings. The summed E-state index contributed by atoms with van der Waals surface area (Å²) in [5.74, 6) is 0.539. The maximum atomic E-state index is 4.58. The first-order valence-corrected chi connectivity index (χ1v) is 8.13. The number of thioether (sulfide) groups is 1. The van der Waals surface area contributed by atoms with Crippen molar-refractivity contribution in [3.05, 3.63) is 36.5 Å². The van der Waals surface area contributed by atoms with Gasteiger partial charge >= 0.3 is 0 Å². The lowest BCUT2D eigenvalue weighted by atomic mass is 10.1. The summed E-state index contributed by atoms with van der Waals surface area (Å²) in [6.45, 7) is 0. The lowest BCUT2D eigenvalue weighted by molar-refractivity contribution is 0.839. The predicted molar refractivity (Wildman–Crippen MR) is 90.2 cm³/mol. The van der Waals surface area contributed by atoms with Gasteiger partial charge in [0.1, 0.15) is 17.1 Å². The van der Waals surface area contributed by atoms with Crippen molar-refractivity contribution >= 4 is 17.7 Å². The van der Waals surface area contributed by atoms with Gasteiger partial charge in [0.2, 0.25) is 11.1 Å². The zero-order chi connectivity index (χ0) is 16.2. The Morgan fingerprint density at radius 1 is 0.913 bits per heavy atom. The third-order valence-electron chi connectivity index (χ3n) is 3.09. The van der Waals surface area contributed by atoms with E-state index in [1.807, 2.05) is 50.7 Å². The van der Waals surface area contributed by atoms with Gasteiger partial charge in [-0.15, -0.1) is 20.4 Å². The van der Waals surface area contributed by atoms with Gasteiger partial charge in [-0.3, -0.25) is 0 Å². The van der Waals surface area contributed by atoms with Gasteiger partial charge in [0, 0.05) is 19.7 Å². The van der Waals surface area contributed by atoms with Gasteiger partial charge in [0.15, 0.2) is 0 Å². The average molecular weight is 325 g/mol. The van der Waals surface area contributed by atoms with Crippen LogP contribution in [0.5, 0.6) is 0 Å². The molecule has 0 aliphatic carbocycles. The van der Waals surface area contributed by atoms with Crippen molar-refractivity contribution in [1.82, 2.24) is 30.4 Å². The molecule has 0 atom stereocenters. The van der Waals surface area contributed by atoms with Gasteiger partial charge in [-0.2, -0.15) is 0 Å². The molecule has 2 heterocycles. The largest absolute Gasteiger partial charge is 0.346 e. The highest BCUT2D eigenvalue weighted by molar-refractivity contribution is 7.98. The highest BCUT2D eigenvalue weighted by Gasteiger charge is 2.15. The smallest absolute Gasteiger partial charge is 0.244 e. The van der Waals surface area contributed by atoms with Gasteiger partial charge in [-0.25, -0.2) is 9.97 Å². The van der Waals surface area contributed by atoms with Crippen molar-refractivity contribution < 1.29 is 0 Å². The Kier molecular flexibility index (Phi) is 4.42. The molecule has 2 aromatic heterocycles. The number of anilines is 1. The molecule has 7 nitrogen and oxygen atoms in total. The van der Waals surface area contributed by atoms with E-state index in [0.717, 1.165) is 11.3 Å². The Hall–Kier alpha value is -2.61. The fraction of sp³-hybridized carbons (Fsp3) is 0.200. The summed E-state index contributed by atoms with van der Waals surface area (Å²) >= 11 is 1.44. The lowest BCUT2D eigenvalue weighted by Gasteiger charge is -2.10.